The van der Waals surface area contributed by atoms with E-state index in [9.17, 15) is 14.0 Å². The average Bonchev–Trinajstić information content (AvgIpc) is 2.51. The van der Waals surface area contributed by atoms with Gasteiger partial charge in [0.2, 0.25) is 5.91 Å². The zero-order chi connectivity index (χ0) is 13.1. The van der Waals surface area contributed by atoms with Gasteiger partial charge in [0.05, 0.1) is 0 Å². The molecule has 18 heavy (non-hydrogen) atoms. The third-order valence-corrected chi connectivity index (χ3v) is 3.19. The Kier molecular flexibility index (Phi) is 3.60. The maximum Gasteiger partial charge on any atom is 0.326 e. The van der Waals surface area contributed by atoms with E-state index in [1.54, 1.807) is 12.1 Å². The molecule has 1 aliphatic rings. The average molecular weight is 251 g/mol. The molecule has 1 aromatic rings. The molecule has 1 aromatic carbocycles. The smallest absolute Gasteiger partial charge is 0.326 e. The lowest BCUT2D eigenvalue weighted by molar-refractivity contribution is -0.141. The van der Waals surface area contributed by atoms with Crippen LogP contribution in [0.25, 0.3) is 0 Å². The largest absolute Gasteiger partial charge is 0.480 e. The molecule has 4 nitrogen and oxygen atoms in total. The van der Waals surface area contributed by atoms with Crippen LogP contribution in [-0.2, 0) is 9.59 Å². The molecule has 0 spiro atoms. The fraction of sp³-hybridized carbons (Fsp3) is 0.385. The van der Waals surface area contributed by atoms with Crippen LogP contribution in [0.2, 0.25) is 0 Å². The number of nitrogens with one attached hydrogen (secondary N) is 1. The van der Waals surface area contributed by atoms with Gasteiger partial charge in [-0.2, -0.15) is 0 Å². The minimum Gasteiger partial charge on any atom is -0.480 e. The van der Waals surface area contributed by atoms with Gasteiger partial charge in [-0.25, -0.2) is 9.18 Å². The van der Waals surface area contributed by atoms with Crippen LogP contribution in [0.3, 0.4) is 0 Å². The number of amides is 1. The number of hydrogen-bond acceptors (Lipinski definition) is 2. The van der Waals surface area contributed by atoms with Crippen LogP contribution in [-0.4, -0.2) is 23.0 Å². The predicted octanol–water partition coefficient (Wildman–Crippen LogP) is 1.66. The fourth-order valence-electron chi connectivity index (χ4n) is 2.26. The van der Waals surface area contributed by atoms with Crippen molar-refractivity contribution >= 4 is 11.9 Å². The molecule has 0 radical (unpaired) electrons. The second kappa shape index (κ2) is 5.16. The third kappa shape index (κ3) is 2.85. The van der Waals surface area contributed by atoms with Crippen LogP contribution in [0.5, 0.6) is 0 Å². The van der Waals surface area contributed by atoms with Crippen LogP contribution in [0, 0.1) is 5.82 Å². The lowest BCUT2D eigenvalue weighted by Gasteiger charge is -2.17. The molecular formula is C13H14FNO3. The van der Waals surface area contributed by atoms with Crippen molar-refractivity contribution < 1.29 is 19.1 Å². The third-order valence-electron chi connectivity index (χ3n) is 3.19. The first-order valence-corrected chi connectivity index (χ1v) is 5.84. The van der Waals surface area contributed by atoms with E-state index in [-0.39, 0.29) is 24.1 Å². The zero-order valence-corrected chi connectivity index (χ0v) is 9.73. The topological polar surface area (TPSA) is 66.4 Å². The van der Waals surface area contributed by atoms with Gasteiger partial charge in [0, 0.05) is 6.42 Å². The number of carbonyl (C=O) groups excluding carboxylic acids is 1. The van der Waals surface area contributed by atoms with Gasteiger partial charge in [0.25, 0.3) is 0 Å². The molecule has 0 aliphatic carbocycles. The molecular weight excluding hydrogens is 237 g/mol. The molecule has 96 valence electrons. The SMILES string of the molecule is O=C1CCC(c2cccc(F)c2)CC(C(=O)O)N1. The highest BCUT2D eigenvalue weighted by molar-refractivity contribution is 5.84. The molecule has 2 atom stereocenters. The van der Waals surface area contributed by atoms with E-state index in [0.29, 0.717) is 12.8 Å². The van der Waals surface area contributed by atoms with Gasteiger partial charge in [0.15, 0.2) is 0 Å². The van der Waals surface area contributed by atoms with Crippen molar-refractivity contribution in [2.75, 3.05) is 0 Å². The summed E-state index contributed by atoms with van der Waals surface area (Å²) in [5.41, 5.74) is 0.748. The summed E-state index contributed by atoms with van der Waals surface area (Å²) in [4.78, 5) is 22.4. The molecule has 0 saturated carbocycles. The van der Waals surface area contributed by atoms with Gasteiger partial charge >= 0.3 is 5.97 Å². The second-order valence-corrected chi connectivity index (χ2v) is 4.48. The highest BCUT2D eigenvalue weighted by Crippen LogP contribution is 2.29. The molecule has 0 aromatic heterocycles. The van der Waals surface area contributed by atoms with E-state index in [2.05, 4.69) is 5.32 Å². The maximum absolute atomic E-state index is 13.2. The Bertz CT molecular complexity index is 475. The van der Waals surface area contributed by atoms with Crippen molar-refractivity contribution in [1.29, 1.82) is 0 Å². The molecule has 1 saturated heterocycles. The van der Waals surface area contributed by atoms with Crippen molar-refractivity contribution in [1.82, 2.24) is 5.32 Å². The molecule has 1 aliphatic heterocycles. The van der Waals surface area contributed by atoms with Crippen LogP contribution in [0.15, 0.2) is 24.3 Å². The highest BCUT2D eigenvalue weighted by atomic mass is 19.1. The van der Waals surface area contributed by atoms with E-state index in [0.717, 1.165) is 5.56 Å². The van der Waals surface area contributed by atoms with Crippen molar-refractivity contribution in [3.63, 3.8) is 0 Å². The Balaban J connectivity index is 2.22. The molecule has 2 N–H and O–H groups in total. The summed E-state index contributed by atoms with van der Waals surface area (Å²) in [6.07, 6.45) is 1.11. The van der Waals surface area contributed by atoms with Gasteiger partial charge in [-0.15, -0.1) is 0 Å². The number of carbonyl (C=O) groups is 2. The highest BCUT2D eigenvalue weighted by Gasteiger charge is 2.29. The number of carboxylic acid groups (broad SMARTS) is 1. The second-order valence-electron chi connectivity index (χ2n) is 4.48. The Labute approximate surface area is 104 Å². The number of rotatable bonds is 2. The molecule has 0 bridgehead atoms. The summed E-state index contributed by atoms with van der Waals surface area (Å²) in [5, 5.41) is 11.5. The molecule has 5 heteroatoms. The van der Waals surface area contributed by atoms with Gasteiger partial charge in [0.1, 0.15) is 11.9 Å². The van der Waals surface area contributed by atoms with E-state index < -0.39 is 12.0 Å². The molecule has 1 heterocycles. The number of halogens is 1. The lowest BCUT2D eigenvalue weighted by atomic mass is 9.89. The number of benzene rings is 1. The summed E-state index contributed by atoms with van der Waals surface area (Å²) in [6.45, 7) is 0. The van der Waals surface area contributed by atoms with Crippen LogP contribution in [0.4, 0.5) is 4.39 Å². The van der Waals surface area contributed by atoms with E-state index in [4.69, 9.17) is 5.11 Å². The van der Waals surface area contributed by atoms with E-state index in [1.165, 1.54) is 12.1 Å². The summed E-state index contributed by atoms with van der Waals surface area (Å²) in [5.74, 6) is -1.77. The van der Waals surface area contributed by atoms with Crippen molar-refractivity contribution in [3.8, 4) is 0 Å². The Hall–Kier alpha value is -1.91. The minimum atomic E-state index is -1.05. The van der Waals surface area contributed by atoms with Gasteiger partial charge < -0.3 is 10.4 Å². The van der Waals surface area contributed by atoms with Crippen LogP contribution in [0.1, 0.15) is 30.7 Å². The summed E-state index contributed by atoms with van der Waals surface area (Å²) in [7, 11) is 0. The fourth-order valence-corrected chi connectivity index (χ4v) is 2.26. The standard InChI is InChI=1S/C13H14FNO3/c14-10-3-1-2-8(6-10)9-4-5-12(16)15-11(7-9)13(17)18/h1-3,6,9,11H,4-5,7H2,(H,15,16)(H,17,18). The monoisotopic (exact) mass is 251 g/mol. The predicted molar refractivity (Wildman–Crippen MR) is 62.6 cm³/mol. The van der Waals surface area contributed by atoms with Gasteiger partial charge in [-0.3, -0.25) is 4.79 Å². The zero-order valence-electron chi connectivity index (χ0n) is 9.73. The Morgan fingerprint density at radius 1 is 1.44 bits per heavy atom. The quantitative estimate of drug-likeness (QED) is 0.840. The van der Waals surface area contributed by atoms with E-state index in [1.807, 2.05) is 0 Å². The first-order chi connectivity index (χ1) is 8.56. The van der Waals surface area contributed by atoms with Crippen molar-refractivity contribution in [2.45, 2.75) is 31.2 Å². The lowest BCUT2D eigenvalue weighted by Crippen LogP contribution is -2.39. The number of aliphatic carboxylic acids is 1. The maximum atomic E-state index is 13.2. The summed E-state index contributed by atoms with van der Waals surface area (Å²) in [6, 6.07) is 5.22. The van der Waals surface area contributed by atoms with Crippen molar-refractivity contribution in [2.24, 2.45) is 0 Å². The van der Waals surface area contributed by atoms with Crippen molar-refractivity contribution in [3.05, 3.63) is 35.6 Å². The summed E-state index contributed by atoms with van der Waals surface area (Å²) >= 11 is 0. The first-order valence-electron chi connectivity index (χ1n) is 5.84. The van der Waals surface area contributed by atoms with E-state index >= 15 is 0 Å². The van der Waals surface area contributed by atoms with Crippen LogP contribution >= 0.6 is 0 Å². The summed E-state index contributed by atoms with van der Waals surface area (Å²) < 4.78 is 13.2. The van der Waals surface area contributed by atoms with Gasteiger partial charge in [-0.1, -0.05) is 12.1 Å². The minimum absolute atomic E-state index is 0.110. The Morgan fingerprint density at radius 2 is 2.22 bits per heavy atom. The van der Waals surface area contributed by atoms with Crippen LogP contribution < -0.4 is 5.32 Å². The molecule has 1 fully saturated rings. The molecule has 1 amide bonds. The molecule has 2 unspecified atom stereocenters. The first kappa shape index (κ1) is 12.5. The molecule has 2 rings (SSSR count). The van der Waals surface area contributed by atoms with Gasteiger partial charge in [-0.05, 0) is 36.5 Å². The number of hydrogen-bond donors (Lipinski definition) is 2. The number of carboxylic acids is 1. The Morgan fingerprint density at radius 3 is 2.89 bits per heavy atom. The normalized spacial score (nSPS) is 24.2.